The van der Waals surface area contributed by atoms with Crippen molar-refractivity contribution in [2.75, 3.05) is 13.1 Å². The highest BCUT2D eigenvalue weighted by Crippen LogP contribution is 2.15. The molecule has 2 rings (SSSR count). The van der Waals surface area contributed by atoms with Crippen LogP contribution in [-0.2, 0) is 4.79 Å². The molecule has 0 aliphatic carbocycles. The number of nitrogens with one attached hydrogen (secondary N) is 2. The quantitative estimate of drug-likeness (QED) is 0.566. The molecule has 3 amide bonds. The number of nitrogens with zero attached hydrogens (tertiary/aromatic N) is 1. The van der Waals surface area contributed by atoms with Crippen LogP contribution in [0.25, 0.3) is 0 Å². The second-order valence-electron chi connectivity index (χ2n) is 3.88. The van der Waals surface area contributed by atoms with Crippen molar-refractivity contribution >= 4 is 11.9 Å². The summed E-state index contributed by atoms with van der Waals surface area (Å²) < 4.78 is 0. The van der Waals surface area contributed by atoms with Crippen molar-refractivity contribution in [3.05, 3.63) is 0 Å². The standard InChI is InChI=1S/C9H15N3O2/c1-6-8(13)12(9(14)11-6)7-3-2-4-10-5-7/h6-7,10H,2-5H2,1H3,(H,11,14). The molecule has 0 spiro atoms. The fourth-order valence-corrected chi connectivity index (χ4v) is 2.02. The van der Waals surface area contributed by atoms with E-state index in [-0.39, 0.29) is 24.0 Å². The summed E-state index contributed by atoms with van der Waals surface area (Å²) >= 11 is 0. The molecule has 2 saturated heterocycles. The summed E-state index contributed by atoms with van der Waals surface area (Å²) in [5, 5.41) is 5.82. The highest BCUT2D eigenvalue weighted by Gasteiger charge is 2.39. The van der Waals surface area contributed by atoms with E-state index in [2.05, 4.69) is 10.6 Å². The zero-order chi connectivity index (χ0) is 10.1. The Kier molecular flexibility index (Phi) is 2.41. The molecule has 0 radical (unpaired) electrons. The average Bonchev–Trinajstić information content (AvgIpc) is 2.43. The van der Waals surface area contributed by atoms with E-state index < -0.39 is 0 Å². The minimum absolute atomic E-state index is 0.0428. The van der Waals surface area contributed by atoms with E-state index in [1.54, 1.807) is 6.92 Å². The van der Waals surface area contributed by atoms with Gasteiger partial charge in [-0.05, 0) is 26.3 Å². The second-order valence-corrected chi connectivity index (χ2v) is 3.88. The van der Waals surface area contributed by atoms with Crippen LogP contribution in [0.15, 0.2) is 0 Å². The Morgan fingerprint density at radius 3 is 2.71 bits per heavy atom. The molecule has 2 aliphatic rings. The molecular formula is C9H15N3O2. The van der Waals surface area contributed by atoms with E-state index >= 15 is 0 Å². The third-order valence-corrected chi connectivity index (χ3v) is 2.80. The van der Waals surface area contributed by atoms with Crippen LogP contribution in [0.2, 0.25) is 0 Å². The average molecular weight is 197 g/mol. The normalized spacial score (nSPS) is 33.4. The van der Waals surface area contributed by atoms with E-state index in [0.717, 1.165) is 25.9 Å². The van der Waals surface area contributed by atoms with Crippen molar-refractivity contribution in [3.63, 3.8) is 0 Å². The number of imide groups is 1. The van der Waals surface area contributed by atoms with Gasteiger partial charge < -0.3 is 10.6 Å². The molecule has 5 nitrogen and oxygen atoms in total. The molecule has 0 saturated carbocycles. The van der Waals surface area contributed by atoms with Crippen LogP contribution in [0.3, 0.4) is 0 Å². The van der Waals surface area contributed by atoms with Gasteiger partial charge in [-0.25, -0.2) is 4.79 Å². The number of hydrogen-bond donors (Lipinski definition) is 2. The molecule has 0 aromatic rings. The minimum Gasteiger partial charge on any atom is -0.326 e. The second kappa shape index (κ2) is 3.57. The maximum atomic E-state index is 11.6. The van der Waals surface area contributed by atoms with Gasteiger partial charge in [0.15, 0.2) is 0 Å². The van der Waals surface area contributed by atoms with Gasteiger partial charge in [-0.3, -0.25) is 9.69 Å². The molecule has 2 aliphatic heterocycles. The Hall–Kier alpha value is -1.10. The molecule has 14 heavy (non-hydrogen) atoms. The zero-order valence-electron chi connectivity index (χ0n) is 8.25. The molecule has 2 atom stereocenters. The highest BCUT2D eigenvalue weighted by molar-refractivity contribution is 6.04. The zero-order valence-corrected chi connectivity index (χ0v) is 8.25. The number of carbonyl (C=O) groups excluding carboxylic acids is 2. The van der Waals surface area contributed by atoms with Gasteiger partial charge in [-0.1, -0.05) is 0 Å². The van der Waals surface area contributed by atoms with Crippen LogP contribution >= 0.6 is 0 Å². The largest absolute Gasteiger partial charge is 0.326 e. The molecule has 2 N–H and O–H groups in total. The Bertz CT molecular complexity index is 261. The number of urea groups is 1. The molecular weight excluding hydrogens is 182 g/mol. The Balaban J connectivity index is 2.08. The maximum Gasteiger partial charge on any atom is 0.325 e. The van der Waals surface area contributed by atoms with Crippen molar-refractivity contribution in [1.29, 1.82) is 0 Å². The Morgan fingerprint density at radius 1 is 1.43 bits per heavy atom. The lowest BCUT2D eigenvalue weighted by atomic mass is 10.1. The van der Waals surface area contributed by atoms with Crippen LogP contribution in [-0.4, -0.2) is 42.0 Å². The van der Waals surface area contributed by atoms with Crippen LogP contribution in [0.4, 0.5) is 4.79 Å². The van der Waals surface area contributed by atoms with Crippen LogP contribution < -0.4 is 10.6 Å². The van der Waals surface area contributed by atoms with Crippen molar-refractivity contribution in [2.24, 2.45) is 0 Å². The molecule has 2 unspecified atom stereocenters. The Labute approximate surface area is 82.8 Å². The fourth-order valence-electron chi connectivity index (χ4n) is 2.02. The summed E-state index contributed by atoms with van der Waals surface area (Å²) in [4.78, 5) is 24.5. The van der Waals surface area contributed by atoms with E-state index in [4.69, 9.17) is 0 Å². The summed E-state index contributed by atoms with van der Waals surface area (Å²) in [6.45, 7) is 3.43. The van der Waals surface area contributed by atoms with Gasteiger partial charge in [0.1, 0.15) is 6.04 Å². The van der Waals surface area contributed by atoms with Crippen molar-refractivity contribution in [2.45, 2.75) is 31.8 Å². The predicted octanol–water partition coefficient (Wildman–Crippen LogP) is -0.321. The van der Waals surface area contributed by atoms with Crippen molar-refractivity contribution in [1.82, 2.24) is 15.5 Å². The molecule has 2 heterocycles. The number of amides is 3. The molecule has 0 aromatic carbocycles. The molecule has 0 bridgehead atoms. The van der Waals surface area contributed by atoms with Gasteiger partial charge in [-0.2, -0.15) is 0 Å². The van der Waals surface area contributed by atoms with Gasteiger partial charge in [0.25, 0.3) is 5.91 Å². The number of piperidine rings is 1. The number of hydrogen-bond acceptors (Lipinski definition) is 3. The monoisotopic (exact) mass is 197 g/mol. The summed E-state index contributed by atoms with van der Waals surface area (Å²) in [6, 6.07) is -0.554. The third-order valence-electron chi connectivity index (χ3n) is 2.80. The topological polar surface area (TPSA) is 61.4 Å². The van der Waals surface area contributed by atoms with Crippen molar-refractivity contribution < 1.29 is 9.59 Å². The number of carbonyl (C=O) groups is 2. The molecule has 0 aromatic heterocycles. The highest BCUT2D eigenvalue weighted by atomic mass is 16.2. The summed E-state index contributed by atoms with van der Waals surface area (Å²) in [5.74, 6) is -0.0938. The first-order chi connectivity index (χ1) is 6.70. The van der Waals surface area contributed by atoms with Gasteiger partial charge in [-0.15, -0.1) is 0 Å². The lowest BCUT2D eigenvalue weighted by Crippen LogP contribution is -2.49. The lowest BCUT2D eigenvalue weighted by Gasteiger charge is -2.29. The summed E-state index contributed by atoms with van der Waals surface area (Å²) in [6.07, 6.45) is 1.94. The van der Waals surface area contributed by atoms with E-state index in [0.29, 0.717) is 0 Å². The van der Waals surface area contributed by atoms with Gasteiger partial charge in [0, 0.05) is 6.54 Å². The van der Waals surface area contributed by atoms with Crippen LogP contribution in [0.5, 0.6) is 0 Å². The lowest BCUT2D eigenvalue weighted by molar-refractivity contribution is -0.128. The van der Waals surface area contributed by atoms with Gasteiger partial charge in [0.2, 0.25) is 0 Å². The van der Waals surface area contributed by atoms with E-state index in [1.807, 2.05) is 0 Å². The van der Waals surface area contributed by atoms with E-state index in [9.17, 15) is 9.59 Å². The number of rotatable bonds is 1. The fraction of sp³-hybridized carbons (Fsp3) is 0.778. The molecule has 5 heteroatoms. The van der Waals surface area contributed by atoms with Crippen LogP contribution in [0.1, 0.15) is 19.8 Å². The minimum atomic E-state index is -0.357. The first-order valence-corrected chi connectivity index (χ1v) is 5.04. The predicted molar refractivity (Wildman–Crippen MR) is 50.7 cm³/mol. The smallest absolute Gasteiger partial charge is 0.325 e. The summed E-state index contributed by atoms with van der Waals surface area (Å²) in [5.41, 5.74) is 0. The van der Waals surface area contributed by atoms with Gasteiger partial charge in [0.05, 0.1) is 6.04 Å². The maximum absolute atomic E-state index is 11.6. The SMILES string of the molecule is CC1NC(=O)N(C2CCCNC2)C1=O. The Morgan fingerprint density at radius 2 is 2.21 bits per heavy atom. The summed E-state index contributed by atoms with van der Waals surface area (Å²) in [7, 11) is 0. The van der Waals surface area contributed by atoms with Crippen molar-refractivity contribution in [3.8, 4) is 0 Å². The third kappa shape index (κ3) is 1.48. The van der Waals surface area contributed by atoms with Gasteiger partial charge >= 0.3 is 6.03 Å². The van der Waals surface area contributed by atoms with E-state index in [1.165, 1.54) is 4.90 Å². The first-order valence-electron chi connectivity index (χ1n) is 5.04. The molecule has 78 valence electrons. The molecule has 2 fully saturated rings. The van der Waals surface area contributed by atoms with Crippen LogP contribution in [0, 0.1) is 0 Å². The first kappa shape index (κ1) is 9.45.